The van der Waals surface area contributed by atoms with Crippen molar-refractivity contribution in [2.45, 2.75) is 71.1 Å². The minimum Gasteiger partial charge on any atom is -0.465 e. The van der Waals surface area contributed by atoms with Gasteiger partial charge in [0.05, 0.1) is 12.7 Å². The summed E-state index contributed by atoms with van der Waals surface area (Å²) >= 11 is 0. The number of methoxy groups -OCH3 is 1. The first kappa shape index (κ1) is 18.0. The second-order valence-electron chi connectivity index (χ2n) is 7.63. The fourth-order valence-electron chi connectivity index (χ4n) is 3.49. The third-order valence-corrected chi connectivity index (χ3v) is 4.74. The van der Waals surface area contributed by atoms with Crippen LogP contribution in [0.2, 0.25) is 0 Å². The summed E-state index contributed by atoms with van der Waals surface area (Å²) in [5.74, 6) is -0.316. The van der Waals surface area contributed by atoms with Gasteiger partial charge in [-0.1, -0.05) is 12.1 Å². The third kappa shape index (κ3) is 3.93. The predicted octanol–water partition coefficient (Wildman–Crippen LogP) is 4.51. The van der Waals surface area contributed by atoms with Crippen molar-refractivity contribution >= 4 is 5.97 Å². The lowest BCUT2D eigenvalue weighted by Gasteiger charge is -2.52. The monoisotopic (exact) mass is 319 g/mol. The molecule has 2 rings (SSSR count). The lowest BCUT2D eigenvalue weighted by atomic mass is 9.82. The van der Waals surface area contributed by atoms with Gasteiger partial charge in [0, 0.05) is 11.1 Å². The van der Waals surface area contributed by atoms with E-state index in [9.17, 15) is 4.79 Å². The first-order chi connectivity index (χ1) is 10.7. The van der Waals surface area contributed by atoms with Crippen LogP contribution in [-0.2, 0) is 9.57 Å². The van der Waals surface area contributed by atoms with Gasteiger partial charge >= 0.3 is 5.97 Å². The van der Waals surface area contributed by atoms with E-state index < -0.39 is 0 Å². The Kier molecular flexibility index (Phi) is 5.17. The van der Waals surface area contributed by atoms with Crippen LogP contribution in [0.3, 0.4) is 0 Å². The first-order valence-corrected chi connectivity index (χ1v) is 8.33. The molecule has 1 aromatic carbocycles. The lowest BCUT2D eigenvalue weighted by molar-refractivity contribution is -0.304. The van der Waals surface area contributed by atoms with Gasteiger partial charge in [0.1, 0.15) is 6.10 Å². The Labute approximate surface area is 139 Å². The lowest BCUT2D eigenvalue weighted by Crippen LogP contribution is -2.58. The molecular formula is C19H29NO3. The molecule has 0 N–H and O–H groups in total. The molecule has 1 heterocycles. The van der Waals surface area contributed by atoms with Crippen molar-refractivity contribution in [3.63, 3.8) is 0 Å². The fourth-order valence-corrected chi connectivity index (χ4v) is 3.49. The van der Waals surface area contributed by atoms with Crippen LogP contribution in [0.1, 0.15) is 75.9 Å². The fraction of sp³-hybridized carbons (Fsp3) is 0.632. The summed E-state index contributed by atoms with van der Waals surface area (Å²) in [6, 6.07) is 7.43. The standard InChI is InChI=1S/C19H29NO3/c1-14(15-8-10-16(11-9-15)17(21)22-6)23-20-18(2,3)12-7-13-19(20,4)5/h8-11,14H,7,12-13H2,1-6H3. The molecule has 0 aliphatic carbocycles. The van der Waals surface area contributed by atoms with Crippen molar-refractivity contribution in [1.29, 1.82) is 0 Å². The Morgan fingerprint density at radius 3 is 2.09 bits per heavy atom. The van der Waals surface area contributed by atoms with Crippen LogP contribution in [0.5, 0.6) is 0 Å². The average Bonchev–Trinajstić information content (AvgIpc) is 2.49. The number of carbonyl (C=O) groups excluding carboxylic acids is 1. The van der Waals surface area contributed by atoms with E-state index in [4.69, 9.17) is 9.57 Å². The van der Waals surface area contributed by atoms with Crippen molar-refractivity contribution < 1.29 is 14.4 Å². The van der Waals surface area contributed by atoms with Gasteiger partial charge in [-0.3, -0.25) is 4.84 Å². The number of hydroxylamine groups is 2. The zero-order valence-electron chi connectivity index (χ0n) is 15.2. The summed E-state index contributed by atoms with van der Waals surface area (Å²) < 4.78 is 4.73. The van der Waals surface area contributed by atoms with Gasteiger partial charge in [-0.2, -0.15) is 5.06 Å². The zero-order valence-corrected chi connectivity index (χ0v) is 15.2. The highest BCUT2D eigenvalue weighted by Crippen LogP contribution is 2.40. The van der Waals surface area contributed by atoms with E-state index in [0.29, 0.717) is 5.56 Å². The van der Waals surface area contributed by atoms with Gasteiger partial charge in [-0.25, -0.2) is 4.79 Å². The highest BCUT2D eigenvalue weighted by molar-refractivity contribution is 5.89. The molecular weight excluding hydrogens is 290 g/mol. The number of piperidine rings is 1. The van der Waals surface area contributed by atoms with E-state index in [1.807, 2.05) is 19.1 Å². The average molecular weight is 319 g/mol. The van der Waals surface area contributed by atoms with E-state index in [-0.39, 0.29) is 23.2 Å². The molecule has 1 fully saturated rings. The molecule has 0 saturated carbocycles. The Hall–Kier alpha value is -1.39. The summed E-state index contributed by atoms with van der Waals surface area (Å²) in [7, 11) is 1.39. The van der Waals surface area contributed by atoms with E-state index in [2.05, 4.69) is 32.8 Å². The summed E-state index contributed by atoms with van der Waals surface area (Å²) in [6.07, 6.45) is 3.41. The highest BCUT2D eigenvalue weighted by atomic mass is 16.7. The molecule has 0 bridgehead atoms. The third-order valence-electron chi connectivity index (χ3n) is 4.74. The number of rotatable bonds is 4. The molecule has 1 aliphatic heterocycles. The maximum Gasteiger partial charge on any atom is 0.337 e. The minimum absolute atomic E-state index is 0.0158. The van der Waals surface area contributed by atoms with Crippen LogP contribution in [0.4, 0.5) is 0 Å². The molecule has 128 valence electrons. The van der Waals surface area contributed by atoms with Gasteiger partial charge in [0.15, 0.2) is 0 Å². The van der Waals surface area contributed by atoms with Crippen molar-refractivity contribution in [3.8, 4) is 0 Å². The van der Waals surface area contributed by atoms with Gasteiger partial charge in [0.2, 0.25) is 0 Å². The molecule has 1 aromatic rings. The van der Waals surface area contributed by atoms with Crippen LogP contribution in [0, 0.1) is 0 Å². The predicted molar refractivity (Wildman–Crippen MR) is 91.1 cm³/mol. The molecule has 0 spiro atoms. The molecule has 0 aromatic heterocycles. The molecule has 0 amide bonds. The van der Waals surface area contributed by atoms with Crippen molar-refractivity contribution in [1.82, 2.24) is 5.06 Å². The molecule has 4 nitrogen and oxygen atoms in total. The van der Waals surface area contributed by atoms with Crippen molar-refractivity contribution in [2.75, 3.05) is 7.11 Å². The molecule has 4 heteroatoms. The molecule has 1 atom stereocenters. The van der Waals surface area contributed by atoms with E-state index in [0.717, 1.165) is 18.4 Å². The number of hydrogen-bond donors (Lipinski definition) is 0. The number of hydrogen-bond acceptors (Lipinski definition) is 4. The first-order valence-electron chi connectivity index (χ1n) is 8.33. The SMILES string of the molecule is COC(=O)c1ccc(C(C)ON2C(C)(C)CCCC2(C)C)cc1. The summed E-state index contributed by atoms with van der Waals surface area (Å²) in [4.78, 5) is 17.9. The Balaban J connectivity index is 2.14. The van der Waals surface area contributed by atoms with Gasteiger partial charge in [-0.05, 0) is 71.6 Å². The largest absolute Gasteiger partial charge is 0.465 e. The summed E-state index contributed by atoms with van der Waals surface area (Å²) in [6.45, 7) is 11.0. The number of nitrogens with zero attached hydrogens (tertiary/aromatic N) is 1. The van der Waals surface area contributed by atoms with E-state index in [1.165, 1.54) is 13.5 Å². The van der Waals surface area contributed by atoms with Crippen LogP contribution in [0.15, 0.2) is 24.3 Å². The topological polar surface area (TPSA) is 38.8 Å². The highest BCUT2D eigenvalue weighted by Gasteiger charge is 2.43. The number of esters is 1. The normalized spacial score (nSPS) is 21.7. The second-order valence-corrected chi connectivity index (χ2v) is 7.63. The Bertz CT molecular complexity index is 532. The molecule has 0 radical (unpaired) electrons. The van der Waals surface area contributed by atoms with E-state index >= 15 is 0 Å². The molecule has 1 unspecified atom stereocenters. The van der Waals surface area contributed by atoms with Crippen LogP contribution >= 0.6 is 0 Å². The maximum atomic E-state index is 11.5. The zero-order chi connectivity index (χ0) is 17.3. The quantitative estimate of drug-likeness (QED) is 0.765. The summed E-state index contributed by atoms with van der Waals surface area (Å²) in [5, 5.41) is 2.17. The molecule has 1 aliphatic rings. The molecule has 1 saturated heterocycles. The second kappa shape index (κ2) is 6.62. The van der Waals surface area contributed by atoms with Gasteiger partial charge < -0.3 is 4.74 Å². The number of carbonyl (C=O) groups is 1. The van der Waals surface area contributed by atoms with Gasteiger partial charge in [-0.15, -0.1) is 0 Å². The van der Waals surface area contributed by atoms with Gasteiger partial charge in [0.25, 0.3) is 0 Å². The Morgan fingerprint density at radius 1 is 1.09 bits per heavy atom. The van der Waals surface area contributed by atoms with Crippen molar-refractivity contribution in [3.05, 3.63) is 35.4 Å². The maximum absolute atomic E-state index is 11.5. The van der Waals surface area contributed by atoms with Crippen LogP contribution in [-0.4, -0.2) is 29.2 Å². The number of benzene rings is 1. The summed E-state index contributed by atoms with van der Waals surface area (Å²) in [5.41, 5.74) is 1.64. The smallest absolute Gasteiger partial charge is 0.337 e. The molecule has 23 heavy (non-hydrogen) atoms. The van der Waals surface area contributed by atoms with Crippen LogP contribution < -0.4 is 0 Å². The van der Waals surface area contributed by atoms with E-state index in [1.54, 1.807) is 12.1 Å². The Morgan fingerprint density at radius 2 is 1.61 bits per heavy atom. The van der Waals surface area contributed by atoms with Crippen molar-refractivity contribution in [2.24, 2.45) is 0 Å². The number of ether oxygens (including phenoxy) is 1. The van der Waals surface area contributed by atoms with Crippen LogP contribution in [0.25, 0.3) is 0 Å². The minimum atomic E-state index is -0.316.